The molecule has 0 aromatic heterocycles. The predicted molar refractivity (Wildman–Crippen MR) is 56.6 cm³/mol. The molecule has 0 saturated heterocycles. The summed E-state index contributed by atoms with van der Waals surface area (Å²) in [6.07, 6.45) is 6.56. The van der Waals surface area contributed by atoms with Crippen LogP contribution in [0.1, 0.15) is 20.8 Å². The number of aliphatic hydroxyl groups excluding tert-OH is 1. The van der Waals surface area contributed by atoms with Gasteiger partial charge in [0.1, 0.15) is 0 Å². The van der Waals surface area contributed by atoms with Crippen LogP contribution in [0.5, 0.6) is 0 Å². The molecule has 0 aromatic carbocycles. The van der Waals surface area contributed by atoms with Crippen molar-refractivity contribution in [3.8, 4) is 12.3 Å². The van der Waals surface area contributed by atoms with Crippen LogP contribution in [0.15, 0.2) is 11.8 Å². The molecule has 0 radical (unpaired) electrons. The highest BCUT2D eigenvalue weighted by molar-refractivity contribution is 5.80. The van der Waals surface area contributed by atoms with Gasteiger partial charge in [0, 0.05) is 0 Å². The number of allylic oxidation sites excluding steroid dienone is 1. The Balaban J connectivity index is 4.44. The van der Waals surface area contributed by atoms with Gasteiger partial charge >= 0.3 is 0 Å². The molecule has 0 heterocycles. The third kappa shape index (κ3) is 4.56. The summed E-state index contributed by atoms with van der Waals surface area (Å²) in [5, 5.41) is 11.7. The number of carbonyl (C=O) groups is 1. The molecule has 0 rings (SSSR count). The van der Waals surface area contributed by atoms with Gasteiger partial charge < -0.3 is 10.4 Å². The van der Waals surface area contributed by atoms with Gasteiger partial charge in [0.05, 0.1) is 18.2 Å². The van der Waals surface area contributed by atoms with E-state index in [-0.39, 0.29) is 30.0 Å². The molecular weight excluding hydrogens is 178 g/mol. The molecule has 0 aromatic rings. The van der Waals surface area contributed by atoms with Crippen molar-refractivity contribution in [1.82, 2.24) is 5.32 Å². The molecular formula is C11H17NO2. The third-order valence-electron chi connectivity index (χ3n) is 1.81. The quantitative estimate of drug-likeness (QED) is 0.527. The van der Waals surface area contributed by atoms with Gasteiger partial charge in [-0.1, -0.05) is 19.8 Å². The number of aliphatic hydroxyl groups is 1. The normalized spacial score (nSPS) is 13.5. The number of amides is 1. The molecule has 1 atom stereocenters. The second kappa shape index (κ2) is 6.09. The standard InChI is InChI=1S/C11H17NO2/c1-5-6-12-11(14)10(8(2)3)7-9(4)13/h1,7-8,10,13H,6H2,2-4H3,(H,12,14). The van der Waals surface area contributed by atoms with Crippen LogP contribution in [0, 0.1) is 24.2 Å². The van der Waals surface area contributed by atoms with E-state index in [1.54, 1.807) is 6.92 Å². The topological polar surface area (TPSA) is 49.3 Å². The van der Waals surface area contributed by atoms with Crippen molar-refractivity contribution in [2.24, 2.45) is 11.8 Å². The minimum absolute atomic E-state index is 0.134. The van der Waals surface area contributed by atoms with Crippen LogP contribution >= 0.6 is 0 Å². The summed E-state index contributed by atoms with van der Waals surface area (Å²) >= 11 is 0. The summed E-state index contributed by atoms with van der Waals surface area (Å²) in [6.45, 7) is 5.60. The Morgan fingerprint density at radius 2 is 2.21 bits per heavy atom. The maximum absolute atomic E-state index is 11.5. The molecule has 1 unspecified atom stereocenters. The fourth-order valence-corrected chi connectivity index (χ4v) is 1.09. The van der Waals surface area contributed by atoms with E-state index in [0.29, 0.717) is 0 Å². The number of rotatable bonds is 4. The average molecular weight is 195 g/mol. The lowest BCUT2D eigenvalue weighted by atomic mass is 9.94. The number of terminal acetylenes is 1. The van der Waals surface area contributed by atoms with Crippen LogP contribution in [-0.4, -0.2) is 17.6 Å². The number of nitrogens with one attached hydrogen (secondary N) is 1. The molecule has 0 fully saturated rings. The minimum Gasteiger partial charge on any atom is -0.513 e. The van der Waals surface area contributed by atoms with Crippen molar-refractivity contribution < 1.29 is 9.90 Å². The molecule has 78 valence electrons. The molecule has 2 N–H and O–H groups in total. The molecule has 14 heavy (non-hydrogen) atoms. The van der Waals surface area contributed by atoms with Gasteiger partial charge in [0.2, 0.25) is 5.91 Å². The lowest BCUT2D eigenvalue weighted by molar-refractivity contribution is -0.124. The molecule has 3 nitrogen and oxygen atoms in total. The van der Waals surface area contributed by atoms with Gasteiger partial charge in [-0.25, -0.2) is 0 Å². The van der Waals surface area contributed by atoms with Crippen LogP contribution in [0.3, 0.4) is 0 Å². The van der Waals surface area contributed by atoms with Crippen LogP contribution in [0.2, 0.25) is 0 Å². The van der Waals surface area contributed by atoms with E-state index in [1.807, 2.05) is 13.8 Å². The highest BCUT2D eigenvalue weighted by Gasteiger charge is 2.19. The monoisotopic (exact) mass is 195 g/mol. The molecule has 0 saturated carbocycles. The van der Waals surface area contributed by atoms with Crippen LogP contribution in [0.4, 0.5) is 0 Å². The van der Waals surface area contributed by atoms with E-state index < -0.39 is 0 Å². The van der Waals surface area contributed by atoms with Gasteiger partial charge in [-0.3, -0.25) is 4.79 Å². The Morgan fingerprint density at radius 3 is 2.57 bits per heavy atom. The molecule has 0 aliphatic rings. The van der Waals surface area contributed by atoms with E-state index in [9.17, 15) is 4.79 Å². The lowest BCUT2D eigenvalue weighted by Crippen LogP contribution is -2.32. The molecule has 0 aliphatic carbocycles. The van der Waals surface area contributed by atoms with Crippen molar-refractivity contribution >= 4 is 5.91 Å². The van der Waals surface area contributed by atoms with Crippen molar-refractivity contribution in [3.05, 3.63) is 11.8 Å². The minimum atomic E-state index is -0.326. The molecule has 3 heteroatoms. The molecule has 0 spiro atoms. The first-order valence-corrected chi connectivity index (χ1v) is 4.57. The fourth-order valence-electron chi connectivity index (χ4n) is 1.09. The van der Waals surface area contributed by atoms with E-state index in [4.69, 9.17) is 11.5 Å². The Morgan fingerprint density at radius 1 is 1.64 bits per heavy atom. The zero-order valence-electron chi connectivity index (χ0n) is 8.87. The largest absolute Gasteiger partial charge is 0.513 e. The Labute approximate surface area is 85.2 Å². The number of carbonyl (C=O) groups excluding carboxylic acids is 1. The van der Waals surface area contributed by atoms with Crippen molar-refractivity contribution in [1.29, 1.82) is 0 Å². The lowest BCUT2D eigenvalue weighted by Gasteiger charge is -2.15. The van der Waals surface area contributed by atoms with Gasteiger partial charge in [-0.2, -0.15) is 0 Å². The molecule has 0 bridgehead atoms. The van der Waals surface area contributed by atoms with Gasteiger partial charge in [-0.15, -0.1) is 6.42 Å². The molecule has 1 amide bonds. The Hall–Kier alpha value is -1.43. The van der Waals surface area contributed by atoms with Crippen LogP contribution < -0.4 is 5.32 Å². The van der Waals surface area contributed by atoms with E-state index >= 15 is 0 Å². The average Bonchev–Trinajstić information content (AvgIpc) is 2.09. The first kappa shape index (κ1) is 12.6. The Kier molecular flexibility index (Phi) is 5.47. The predicted octanol–water partition coefficient (Wildman–Crippen LogP) is 1.47. The highest BCUT2D eigenvalue weighted by atomic mass is 16.3. The van der Waals surface area contributed by atoms with Crippen molar-refractivity contribution in [3.63, 3.8) is 0 Å². The zero-order valence-corrected chi connectivity index (χ0v) is 8.87. The van der Waals surface area contributed by atoms with Gasteiger partial charge in [0.25, 0.3) is 0 Å². The van der Waals surface area contributed by atoms with E-state index in [1.165, 1.54) is 6.08 Å². The second-order valence-corrected chi connectivity index (χ2v) is 3.50. The van der Waals surface area contributed by atoms with Crippen molar-refractivity contribution in [2.75, 3.05) is 6.54 Å². The summed E-state index contributed by atoms with van der Waals surface area (Å²) in [4.78, 5) is 11.5. The SMILES string of the molecule is C#CCNC(=O)C(C=C(C)O)C(C)C. The second-order valence-electron chi connectivity index (χ2n) is 3.50. The van der Waals surface area contributed by atoms with E-state index in [2.05, 4.69) is 11.2 Å². The third-order valence-corrected chi connectivity index (χ3v) is 1.81. The summed E-state index contributed by atoms with van der Waals surface area (Å²) in [7, 11) is 0. The fraction of sp³-hybridized carbons (Fsp3) is 0.545. The summed E-state index contributed by atoms with van der Waals surface area (Å²) < 4.78 is 0. The first-order chi connectivity index (χ1) is 6.49. The number of hydrogen-bond donors (Lipinski definition) is 2. The van der Waals surface area contributed by atoms with Crippen LogP contribution in [0.25, 0.3) is 0 Å². The zero-order chi connectivity index (χ0) is 11.1. The first-order valence-electron chi connectivity index (χ1n) is 4.57. The maximum atomic E-state index is 11.5. The maximum Gasteiger partial charge on any atom is 0.228 e. The van der Waals surface area contributed by atoms with Crippen LogP contribution in [-0.2, 0) is 4.79 Å². The Bertz CT molecular complexity index is 257. The summed E-state index contributed by atoms with van der Waals surface area (Å²) in [5.41, 5.74) is 0. The van der Waals surface area contributed by atoms with E-state index in [0.717, 1.165) is 0 Å². The smallest absolute Gasteiger partial charge is 0.228 e. The summed E-state index contributed by atoms with van der Waals surface area (Å²) in [5.74, 6) is 2.14. The van der Waals surface area contributed by atoms with Gasteiger partial charge in [0.15, 0.2) is 0 Å². The molecule has 0 aliphatic heterocycles. The highest BCUT2D eigenvalue weighted by Crippen LogP contribution is 2.13. The number of hydrogen-bond acceptors (Lipinski definition) is 2. The van der Waals surface area contributed by atoms with Crippen molar-refractivity contribution in [2.45, 2.75) is 20.8 Å². The van der Waals surface area contributed by atoms with Gasteiger partial charge in [-0.05, 0) is 18.9 Å². The summed E-state index contributed by atoms with van der Waals surface area (Å²) in [6, 6.07) is 0.